The summed E-state index contributed by atoms with van der Waals surface area (Å²) >= 11 is 1.09. The number of carbonyl (C=O) groups excluding carboxylic acids is 1. The van der Waals surface area contributed by atoms with Gasteiger partial charge in [-0.15, -0.1) is 0 Å². The Morgan fingerprint density at radius 1 is 1.25 bits per heavy atom. The van der Waals surface area contributed by atoms with Crippen molar-refractivity contribution in [3.8, 4) is 0 Å². The summed E-state index contributed by atoms with van der Waals surface area (Å²) in [5.74, 6) is -1.39. The first-order valence-corrected chi connectivity index (χ1v) is 7.51. The third-order valence-corrected chi connectivity index (χ3v) is 4.54. The molecule has 0 bridgehead atoms. The first-order chi connectivity index (χ1) is 9.63. The molecule has 1 aromatic heterocycles. The Hall–Kier alpha value is -1.56. The maximum Gasteiger partial charge on any atom is 0.229 e. The minimum atomic E-state index is -0.700. The van der Waals surface area contributed by atoms with E-state index < -0.39 is 11.6 Å². The van der Waals surface area contributed by atoms with Crippen LogP contribution in [0.5, 0.6) is 0 Å². The second kappa shape index (κ2) is 5.44. The Balaban J connectivity index is 1.80. The molecular formula is C14H14F2N2OS. The predicted molar refractivity (Wildman–Crippen MR) is 74.7 cm³/mol. The highest BCUT2D eigenvalue weighted by Gasteiger charge is 2.22. The molecule has 1 fully saturated rings. The van der Waals surface area contributed by atoms with Crippen LogP contribution in [0, 0.1) is 17.6 Å². The summed E-state index contributed by atoms with van der Waals surface area (Å²) in [5.41, 5.74) is 0.107. The fourth-order valence-corrected chi connectivity index (χ4v) is 3.49. The van der Waals surface area contributed by atoms with Crippen LogP contribution in [-0.4, -0.2) is 10.9 Å². The van der Waals surface area contributed by atoms with Gasteiger partial charge < -0.3 is 5.32 Å². The van der Waals surface area contributed by atoms with Crippen molar-refractivity contribution in [1.29, 1.82) is 0 Å². The topological polar surface area (TPSA) is 42.0 Å². The van der Waals surface area contributed by atoms with Crippen LogP contribution in [0.1, 0.15) is 32.1 Å². The molecule has 0 spiro atoms. The van der Waals surface area contributed by atoms with Crippen molar-refractivity contribution in [3.05, 3.63) is 23.8 Å². The van der Waals surface area contributed by atoms with E-state index in [2.05, 4.69) is 10.3 Å². The van der Waals surface area contributed by atoms with Gasteiger partial charge in [0.25, 0.3) is 0 Å². The molecule has 1 saturated carbocycles. The van der Waals surface area contributed by atoms with Crippen LogP contribution in [0.15, 0.2) is 12.1 Å². The van der Waals surface area contributed by atoms with Crippen LogP contribution in [0.4, 0.5) is 13.9 Å². The fourth-order valence-electron chi connectivity index (χ4n) is 2.58. The van der Waals surface area contributed by atoms with Gasteiger partial charge >= 0.3 is 0 Å². The number of nitrogens with zero attached hydrogens (tertiary/aromatic N) is 1. The number of amides is 1. The van der Waals surface area contributed by atoms with Gasteiger partial charge in [0.1, 0.15) is 11.3 Å². The molecular weight excluding hydrogens is 282 g/mol. The molecule has 0 saturated heterocycles. The zero-order chi connectivity index (χ0) is 14.1. The quantitative estimate of drug-likeness (QED) is 0.906. The van der Waals surface area contributed by atoms with E-state index in [1.165, 1.54) is 12.5 Å². The minimum Gasteiger partial charge on any atom is -0.302 e. The maximum atomic E-state index is 13.5. The van der Waals surface area contributed by atoms with Gasteiger partial charge in [0, 0.05) is 12.0 Å². The Kier molecular flexibility index (Phi) is 3.65. The van der Waals surface area contributed by atoms with Crippen LogP contribution in [0.25, 0.3) is 10.2 Å². The van der Waals surface area contributed by atoms with Gasteiger partial charge in [-0.25, -0.2) is 13.8 Å². The zero-order valence-electron chi connectivity index (χ0n) is 10.8. The number of hydrogen-bond acceptors (Lipinski definition) is 3. The third-order valence-electron chi connectivity index (χ3n) is 3.62. The van der Waals surface area contributed by atoms with Crippen molar-refractivity contribution in [1.82, 2.24) is 4.98 Å². The van der Waals surface area contributed by atoms with Gasteiger partial charge in [-0.2, -0.15) is 0 Å². The van der Waals surface area contributed by atoms with Crippen LogP contribution >= 0.6 is 11.3 Å². The Bertz CT molecular complexity index is 650. The zero-order valence-corrected chi connectivity index (χ0v) is 11.6. The van der Waals surface area contributed by atoms with Crippen molar-refractivity contribution >= 4 is 32.6 Å². The van der Waals surface area contributed by atoms with Gasteiger partial charge in [-0.3, -0.25) is 4.79 Å². The fraction of sp³-hybridized carbons (Fsp3) is 0.429. The lowest BCUT2D eigenvalue weighted by Crippen LogP contribution is -2.24. The maximum absolute atomic E-state index is 13.5. The Morgan fingerprint density at radius 2 is 2.00 bits per heavy atom. The Morgan fingerprint density at radius 3 is 2.75 bits per heavy atom. The molecule has 1 aliphatic rings. The molecule has 3 rings (SSSR count). The largest absolute Gasteiger partial charge is 0.302 e. The van der Waals surface area contributed by atoms with E-state index in [1.807, 2.05) is 0 Å². The van der Waals surface area contributed by atoms with E-state index in [9.17, 15) is 13.6 Å². The molecule has 6 heteroatoms. The Labute approximate surface area is 119 Å². The van der Waals surface area contributed by atoms with Crippen molar-refractivity contribution in [2.24, 2.45) is 5.92 Å². The van der Waals surface area contributed by atoms with Crippen LogP contribution in [-0.2, 0) is 4.79 Å². The lowest BCUT2D eigenvalue weighted by molar-refractivity contribution is -0.120. The summed E-state index contributed by atoms with van der Waals surface area (Å²) in [4.78, 5) is 16.1. The average molecular weight is 296 g/mol. The molecule has 1 aromatic carbocycles. The SMILES string of the molecule is O=C(Nc1nc2c(F)cc(F)cc2s1)C1CCCCC1. The summed E-state index contributed by atoms with van der Waals surface area (Å²) in [5, 5.41) is 3.06. The smallest absolute Gasteiger partial charge is 0.229 e. The van der Waals surface area contributed by atoms with E-state index >= 15 is 0 Å². The van der Waals surface area contributed by atoms with E-state index in [1.54, 1.807) is 0 Å². The molecule has 0 unspecified atom stereocenters. The average Bonchev–Trinajstić information content (AvgIpc) is 2.82. The number of thiazole rings is 1. The van der Waals surface area contributed by atoms with Gasteiger partial charge in [0.15, 0.2) is 10.9 Å². The molecule has 1 heterocycles. The van der Waals surface area contributed by atoms with Gasteiger partial charge in [-0.1, -0.05) is 30.6 Å². The highest BCUT2D eigenvalue weighted by molar-refractivity contribution is 7.22. The first-order valence-electron chi connectivity index (χ1n) is 6.70. The molecule has 0 atom stereocenters. The minimum absolute atomic E-state index is 0.0114. The number of rotatable bonds is 2. The van der Waals surface area contributed by atoms with Crippen LogP contribution in [0.3, 0.4) is 0 Å². The summed E-state index contributed by atoms with van der Waals surface area (Å²) < 4.78 is 27.1. The molecule has 2 aromatic rings. The van der Waals surface area contributed by atoms with Crippen molar-refractivity contribution in [2.75, 3.05) is 5.32 Å². The monoisotopic (exact) mass is 296 g/mol. The number of hydrogen-bond donors (Lipinski definition) is 1. The van der Waals surface area contributed by atoms with Crippen molar-refractivity contribution in [2.45, 2.75) is 32.1 Å². The third kappa shape index (κ3) is 2.65. The molecule has 0 radical (unpaired) electrons. The van der Waals surface area contributed by atoms with E-state index in [4.69, 9.17) is 0 Å². The number of anilines is 1. The highest BCUT2D eigenvalue weighted by atomic mass is 32.1. The molecule has 20 heavy (non-hydrogen) atoms. The summed E-state index contributed by atoms with van der Waals surface area (Å²) in [6, 6.07) is 2.03. The van der Waals surface area contributed by atoms with Crippen LogP contribution < -0.4 is 5.32 Å². The van der Waals surface area contributed by atoms with Crippen molar-refractivity contribution < 1.29 is 13.6 Å². The first kappa shape index (κ1) is 13.4. The lowest BCUT2D eigenvalue weighted by Gasteiger charge is -2.19. The molecule has 1 N–H and O–H groups in total. The second-order valence-electron chi connectivity index (χ2n) is 5.08. The van der Waals surface area contributed by atoms with Gasteiger partial charge in [0.2, 0.25) is 5.91 Å². The number of aromatic nitrogens is 1. The highest BCUT2D eigenvalue weighted by Crippen LogP contribution is 2.30. The predicted octanol–water partition coefficient (Wildman–Crippen LogP) is 4.09. The number of fused-ring (bicyclic) bond motifs is 1. The van der Waals surface area contributed by atoms with E-state index in [0.29, 0.717) is 9.83 Å². The molecule has 1 aliphatic carbocycles. The molecule has 3 nitrogen and oxygen atoms in total. The number of halogens is 2. The van der Waals surface area contributed by atoms with Crippen LogP contribution in [0.2, 0.25) is 0 Å². The van der Waals surface area contributed by atoms with Gasteiger partial charge in [-0.05, 0) is 18.9 Å². The van der Waals surface area contributed by atoms with E-state index in [-0.39, 0.29) is 17.3 Å². The number of nitrogens with one attached hydrogen (secondary N) is 1. The standard InChI is InChI=1S/C14H14F2N2OS/c15-9-6-10(16)12-11(7-9)20-14(17-12)18-13(19)8-4-2-1-3-5-8/h6-8H,1-5H2,(H,17,18,19). The number of benzene rings is 1. The van der Waals surface area contributed by atoms with Gasteiger partial charge in [0.05, 0.1) is 4.70 Å². The van der Waals surface area contributed by atoms with E-state index in [0.717, 1.165) is 43.1 Å². The lowest BCUT2D eigenvalue weighted by atomic mass is 9.89. The molecule has 1 amide bonds. The summed E-state index contributed by atoms with van der Waals surface area (Å²) in [6.07, 6.45) is 5.09. The summed E-state index contributed by atoms with van der Waals surface area (Å²) in [6.45, 7) is 0. The van der Waals surface area contributed by atoms with Crippen molar-refractivity contribution in [3.63, 3.8) is 0 Å². The second-order valence-corrected chi connectivity index (χ2v) is 6.11. The molecule has 106 valence electrons. The molecule has 0 aliphatic heterocycles. The normalized spacial score (nSPS) is 16.5. The number of carbonyl (C=O) groups is 1. The summed E-state index contributed by atoms with van der Waals surface area (Å²) in [7, 11) is 0.